The minimum absolute atomic E-state index is 0. The zero-order valence-corrected chi connectivity index (χ0v) is 17.8. The summed E-state index contributed by atoms with van der Waals surface area (Å²) in [6, 6.07) is 9.77. The highest BCUT2D eigenvalue weighted by atomic mass is 79.9. The molecule has 1 aromatic carbocycles. The van der Waals surface area contributed by atoms with Crippen LogP contribution >= 0.6 is 0 Å². The fourth-order valence-corrected chi connectivity index (χ4v) is 8.75. The number of halogens is 1. The van der Waals surface area contributed by atoms with Crippen LogP contribution in [0.3, 0.4) is 0 Å². The number of quaternary nitrogens is 1. The Balaban J connectivity index is 0.00000160. The fraction of sp³-hybridized carbons (Fsp3) is 0.727. The third-order valence-electron chi connectivity index (χ3n) is 9.31. The third-order valence-corrected chi connectivity index (χ3v) is 9.31. The van der Waals surface area contributed by atoms with Crippen molar-refractivity contribution in [1.82, 2.24) is 0 Å². The molecule has 5 bridgehead atoms. The second-order valence-electron chi connectivity index (χ2n) is 9.67. The number of hydrogen-bond donors (Lipinski definition) is 3. The van der Waals surface area contributed by atoms with E-state index in [0.717, 1.165) is 30.3 Å². The van der Waals surface area contributed by atoms with Crippen LogP contribution in [0.1, 0.15) is 45.1 Å². The van der Waals surface area contributed by atoms with E-state index in [-0.39, 0.29) is 40.8 Å². The molecule has 0 aromatic heterocycles. The standard InChI is InChI=1S/C22H31N2O2.BrH/c1-3-9-24-16-10-13(12(4-2)21(24)26)18-17(24)11-22(20(18)25)14-7-5-6-8-15(14)23-19(16)22;/h5-8,12-13,16-21,23,25-26H,3-4,9-11H2,1-2H3;1H/q+1;/p-1/t12-,13+,16-,17+,18?,19+,20?,21+,22+,24?;/m1./s1. The van der Waals surface area contributed by atoms with Gasteiger partial charge in [0.2, 0.25) is 0 Å². The van der Waals surface area contributed by atoms with E-state index in [0.29, 0.717) is 29.8 Å². The summed E-state index contributed by atoms with van der Waals surface area (Å²) in [7, 11) is 0. The first kappa shape index (κ1) is 18.4. The maximum absolute atomic E-state index is 11.8. The summed E-state index contributed by atoms with van der Waals surface area (Å²) in [6.07, 6.45) is 3.80. The van der Waals surface area contributed by atoms with Crippen LogP contribution in [0.15, 0.2) is 24.3 Å². The molecule has 4 nitrogen and oxygen atoms in total. The number of para-hydroxylation sites is 1. The minimum atomic E-state index is -0.276. The molecule has 5 aliphatic heterocycles. The van der Waals surface area contributed by atoms with Gasteiger partial charge in [0.1, 0.15) is 6.04 Å². The number of nitrogens with zero attached hydrogens (tertiary/aromatic N) is 1. The summed E-state index contributed by atoms with van der Waals surface area (Å²) < 4.78 is 0.862. The van der Waals surface area contributed by atoms with Gasteiger partial charge in [0.05, 0.1) is 30.1 Å². The predicted molar refractivity (Wildman–Crippen MR) is 101 cm³/mol. The Morgan fingerprint density at radius 2 is 1.96 bits per heavy atom. The lowest BCUT2D eigenvalue weighted by Crippen LogP contribution is -3.00. The molecule has 6 aliphatic rings. The molecule has 1 aliphatic carbocycles. The first-order valence-electron chi connectivity index (χ1n) is 10.7. The lowest BCUT2D eigenvalue weighted by atomic mass is 9.60. The van der Waals surface area contributed by atoms with Crippen molar-refractivity contribution in [2.75, 3.05) is 11.9 Å². The van der Waals surface area contributed by atoms with Gasteiger partial charge in [0, 0.05) is 30.4 Å². The van der Waals surface area contributed by atoms with E-state index in [4.69, 9.17) is 0 Å². The largest absolute Gasteiger partial charge is 1.00 e. The van der Waals surface area contributed by atoms with Gasteiger partial charge in [-0.1, -0.05) is 32.0 Å². The van der Waals surface area contributed by atoms with Crippen molar-refractivity contribution in [1.29, 1.82) is 0 Å². The lowest BCUT2D eigenvalue weighted by Gasteiger charge is -2.67. The Morgan fingerprint density at radius 3 is 2.70 bits per heavy atom. The SMILES string of the molecule is CCC[N+]12[C@@H]3C[C@H](C4C(O)[C@@]5(C[C@@H]41)c1ccccc1N[C@@H]35)[C@@H](CC)[C@@H]2O.[Br-]. The molecular formula is C22H31BrN2O2. The number of anilines is 1. The summed E-state index contributed by atoms with van der Waals surface area (Å²) in [6.45, 7) is 5.53. The first-order chi connectivity index (χ1) is 12.6. The molecule has 5 fully saturated rings. The van der Waals surface area contributed by atoms with Crippen LogP contribution in [-0.2, 0) is 5.41 Å². The summed E-state index contributed by atoms with van der Waals surface area (Å²) >= 11 is 0. The number of hydrogen-bond acceptors (Lipinski definition) is 3. The number of nitrogens with one attached hydrogen (secondary N) is 1. The first-order valence-corrected chi connectivity index (χ1v) is 10.7. The number of piperidine rings is 4. The highest BCUT2D eigenvalue weighted by molar-refractivity contribution is 5.65. The Morgan fingerprint density at radius 1 is 1.19 bits per heavy atom. The van der Waals surface area contributed by atoms with Crippen LogP contribution in [0.4, 0.5) is 5.69 Å². The highest BCUT2D eigenvalue weighted by Crippen LogP contribution is 2.70. The van der Waals surface area contributed by atoms with Crippen molar-refractivity contribution < 1.29 is 31.7 Å². The second-order valence-corrected chi connectivity index (χ2v) is 9.67. The summed E-state index contributed by atoms with van der Waals surface area (Å²) in [5.41, 5.74) is 2.43. The number of aliphatic hydroxyl groups excluding tert-OH is 2. The van der Waals surface area contributed by atoms with Crippen LogP contribution in [-0.4, -0.2) is 51.7 Å². The van der Waals surface area contributed by atoms with E-state index < -0.39 is 0 Å². The van der Waals surface area contributed by atoms with Gasteiger partial charge in [0.25, 0.3) is 0 Å². The van der Waals surface area contributed by atoms with Gasteiger partial charge in [0.15, 0.2) is 6.23 Å². The van der Waals surface area contributed by atoms with Gasteiger partial charge in [-0.15, -0.1) is 0 Å². The number of aliphatic hydroxyl groups is 2. The van der Waals surface area contributed by atoms with Crippen molar-refractivity contribution in [3.63, 3.8) is 0 Å². The summed E-state index contributed by atoms with van der Waals surface area (Å²) in [4.78, 5) is 0. The van der Waals surface area contributed by atoms with Crippen molar-refractivity contribution in [2.24, 2.45) is 17.8 Å². The van der Waals surface area contributed by atoms with Crippen LogP contribution < -0.4 is 22.3 Å². The smallest absolute Gasteiger partial charge is 0.194 e. The summed E-state index contributed by atoms with van der Waals surface area (Å²) in [5, 5.41) is 27.2. The number of rotatable bonds is 3. The van der Waals surface area contributed by atoms with E-state index >= 15 is 0 Å². The molecule has 3 N–H and O–H groups in total. The molecule has 0 amide bonds. The number of fused-ring (bicyclic) bond motifs is 2. The summed E-state index contributed by atoms with van der Waals surface area (Å²) in [5.74, 6) is 1.18. The van der Waals surface area contributed by atoms with Gasteiger partial charge in [-0.2, -0.15) is 0 Å². The molecule has 4 saturated heterocycles. The van der Waals surface area contributed by atoms with Gasteiger partial charge in [-0.05, 0) is 30.4 Å². The Bertz CT molecular complexity index is 774. The van der Waals surface area contributed by atoms with Crippen LogP contribution in [0.25, 0.3) is 0 Å². The molecule has 148 valence electrons. The molecule has 1 aromatic rings. The topological polar surface area (TPSA) is 52.5 Å². The zero-order valence-electron chi connectivity index (χ0n) is 16.2. The van der Waals surface area contributed by atoms with E-state index in [1.54, 1.807) is 0 Å². The second kappa shape index (κ2) is 5.71. The minimum Gasteiger partial charge on any atom is -1.00 e. The molecule has 1 spiro atoms. The van der Waals surface area contributed by atoms with Gasteiger partial charge < -0.3 is 32.5 Å². The molecular weight excluding hydrogens is 404 g/mol. The maximum Gasteiger partial charge on any atom is 0.194 e. The average Bonchev–Trinajstić information content (AvgIpc) is 3.10. The van der Waals surface area contributed by atoms with Gasteiger partial charge in [-0.25, -0.2) is 0 Å². The Hall–Kier alpha value is -0.620. The molecule has 1 saturated carbocycles. The average molecular weight is 435 g/mol. The molecule has 10 atom stereocenters. The quantitative estimate of drug-likeness (QED) is 0.560. The van der Waals surface area contributed by atoms with Crippen molar-refractivity contribution >= 4 is 5.69 Å². The molecule has 27 heavy (non-hydrogen) atoms. The molecule has 0 radical (unpaired) electrons. The Kier molecular flexibility index (Phi) is 3.90. The fourth-order valence-electron chi connectivity index (χ4n) is 8.75. The van der Waals surface area contributed by atoms with Crippen LogP contribution in [0, 0.1) is 17.8 Å². The predicted octanol–water partition coefficient (Wildman–Crippen LogP) is -0.541. The van der Waals surface area contributed by atoms with Gasteiger partial charge in [-0.3, -0.25) is 4.48 Å². The third kappa shape index (κ3) is 1.74. The van der Waals surface area contributed by atoms with E-state index in [1.807, 2.05) is 0 Å². The molecule has 3 unspecified atom stereocenters. The van der Waals surface area contributed by atoms with E-state index in [9.17, 15) is 10.2 Å². The molecule has 5 heterocycles. The molecule has 5 heteroatoms. The van der Waals surface area contributed by atoms with Crippen LogP contribution in [0.5, 0.6) is 0 Å². The monoisotopic (exact) mass is 434 g/mol. The molecule has 7 rings (SSSR count). The van der Waals surface area contributed by atoms with Crippen molar-refractivity contribution in [2.45, 2.75) is 75.4 Å². The van der Waals surface area contributed by atoms with Crippen molar-refractivity contribution in [3.8, 4) is 0 Å². The highest BCUT2D eigenvalue weighted by Gasteiger charge is 2.82. The maximum atomic E-state index is 11.8. The lowest BCUT2D eigenvalue weighted by molar-refractivity contribution is -1.04. The van der Waals surface area contributed by atoms with Crippen molar-refractivity contribution in [3.05, 3.63) is 29.8 Å². The number of benzene rings is 1. The Labute approximate surface area is 172 Å². The normalized spacial score (nSPS) is 52.9. The van der Waals surface area contributed by atoms with E-state index in [2.05, 4.69) is 43.4 Å². The van der Waals surface area contributed by atoms with Gasteiger partial charge >= 0.3 is 0 Å². The van der Waals surface area contributed by atoms with Crippen LogP contribution in [0.2, 0.25) is 0 Å². The zero-order chi connectivity index (χ0) is 17.8. The van der Waals surface area contributed by atoms with E-state index in [1.165, 1.54) is 17.7 Å².